The molecule has 0 radical (unpaired) electrons. The summed E-state index contributed by atoms with van der Waals surface area (Å²) in [6.07, 6.45) is 15.7. The molecule has 0 saturated heterocycles. The van der Waals surface area contributed by atoms with E-state index in [2.05, 4.69) is 92.4 Å². The molecule has 1 unspecified atom stereocenters. The van der Waals surface area contributed by atoms with Gasteiger partial charge in [-0.1, -0.05) is 0 Å². The number of aryl methyl sites for hydroxylation is 2. The minimum absolute atomic E-state index is 0. The van der Waals surface area contributed by atoms with Crippen LogP contribution in [-0.4, -0.2) is 8.07 Å². The van der Waals surface area contributed by atoms with Gasteiger partial charge in [0.1, 0.15) is 0 Å². The maximum atomic E-state index is 2.61. The van der Waals surface area contributed by atoms with Crippen molar-refractivity contribution in [2.75, 3.05) is 0 Å². The van der Waals surface area contributed by atoms with Crippen LogP contribution in [0.2, 0.25) is 16.4 Å². The molecule has 1 aliphatic rings. The summed E-state index contributed by atoms with van der Waals surface area (Å²) in [4.78, 5) is 0. The van der Waals surface area contributed by atoms with Crippen molar-refractivity contribution >= 4 is 13.3 Å². The summed E-state index contributed by atoms with van der Waals surface area (Å²) in [6, 6.07) is 7.75. The van der Waals surface area contributed by atoms with Crippen molar-refractivity contribution in [2.45, 2.75) is 115 Å². The van der Waals surface area contributed by atoms with Gasteiger partial charge in [0.05, 0.1) is 0 Å². The van der Waals surface area contributed by atoms with E-state index in [1.807, 2.05) is 0 Å². The van der Waals surface area contributed by atoms with Crippen LogP contribution in [0.25, 0.3) is 0 Å². The maximum absolute atomic E-state index is 2.61. The predicted molar refractivity (Wildman–Crippen MR) is 134 cm³/mol. The van der Waals surface area contributed by atoms with E-state index in [-0.39, 0.29) is 40.6 Å². The molecule has 0 saturated carbocycles. The van der Waals surface area contributed by atoms with Crippen molar-refractivity contribution in [3.05, 3.63) is 52.1 Å². The van der Waals surface area contributed by atoms with Crippen molar-refractivity contribution in [3.8, 4) is 0 Å². The minimum Gasteiger partial charge on any atom is -1.00 e. The average molecular weight is 564 g/mol. The fraction of sp³-hybridized carbons (Fsp3) is 0.643. The van der Waals surface area contributed by atoms with Gasteiger partial charge in [0, 0.05) is 0 Å². The molecule has 33 heavy (non-hydrogen) atoms. The molecule has 0 aliphatic heterocycles. The molecule has 5 heteroatoms. The molecule has 0 amide bonds. The van der Waals surface area contributed by atoms with Crippen LogP contribution in [-0.2, 0) is 33.3 Å². The topological polar surface area (TPSA) is 0 Å². The summed E-state index contributed by atoms with van der Waals surface area (Å²) in [5.41, 5.74) is 7.86. The Morgan fingerprint density at radius 1 is 0.727 bits per heavy atom. The molecule has 1 atom stereocenters. The first-order valence-electron chi connectivity index (χ1n) is 12.4. The number of rotatable bonds is 12. The molecule has 0 aromatic heterocycles. The van der Waals surface area contributed by atoms with E-state index in [4.69, 9.17) is 0 Å². The Kier molecular flexibility index (Phi) is 17.6. The Bertz CT molecular complexity index is 755. The Hall–Kier alpha value is 0.501. The fourth-order valence-corrected chi connectivity index (χ4v) is 10.0. The number of hydrogen-bond donors (Lipinski definition) is 0. The zero-order chi connectivity index (χ0) is 22.4. The molecular weight excluding hydrogens is 519 g/mol. The van der Waals surface area contributed by atoms with Crippen LogP contribution < -0.4 is 42.4 Å². The van der Waals surface area contributed by atoms with E-state index in [1.54, 1.807) is 27.5 Å². The first-order chi connectivity index (χ1) is 14.2. The van der Waals surface area contributed by atoms with Crippen LogP contribution in [0.4, 0.5) is 0 Å². The second-order valence-corrected chi connectivity index (χ2v) is 16.7. The minimum atomic E-state index is -1.74. The number of unbranched alkanes of at least 4 members (excludes halogenated alkanes) is 6. The van der Waals surface area contributed by atoms with Gasteiger partial charge >= 0.3 is 201 Å². The summed E-state index contributed by atoms with van der Waals surface area (Å²) in [5, 5.41) is 1.67. The van der Waals surface area contributed by atoms with E-state index in [0.29, 0.717) is 0 Å². The standard InChI is InChI=1S/C28H45Si.3ClH.Ti/c1-8-10-12-14-16-25-19-26(17-15-13-11-9-2)21-27(20-25)29(6,7)28-23(4)18-22(3)24(28)5;;;;/h18-21H,8-17H2,1-7H3;3*1H;/q;;;;+3/p-3. The van der Waals surface area contributed by atoms with Gasteiger partial charge in [-0.3, -0.25) is 0 Å². The first kappa shape index (κ1) is 35.7. The van der Waals surface area contributed by atoms with Crippen molar-refractivity contribution in [2.24, 2.45) is 0 Å². The third-order valence-electron chi connectivity index (χ3n) is 7.53. The fourth-order valence-electron chi connectivity index (χ4n) is 5.23. The molecule has 1 aromatic carbocycles. The molecule has 0 spiro atoms. The van der Waals surface area contributed by atoms with Crippen LogP contribution in [0.15, 0.2) is 41.0 Å². The molecule has 0 heterocycles. The van der Waals surface area contributed by atoms with Crippen molar-refractivity contribution in [1.82, 2.24) is 0 Å². The van der Waals surface area contributed by atoms with E-state index in [1.165, 1.54) is 69.8 Å². The number of benzene rings is 1. The second-order valence-electron chi connectivity index (χ2n) is 10.2. The molecule has 0 N–H and O–H groups in total. The summed E-state index contributed by atoms with van der Waals surface area (Å²) in [5.74, 6) is 0. The van der Waals surface area contributed by atoms with Gasteiger partial charge in [-0.25, -0.2) is 0 Å². The van der Waals surface area contributed by atoms with Crippen LogP contribution in [0, 0.1) is 0 Å². The molecule has 0 bridgehead atoms. The summed E-state index contributed by atoms with van der Waals surface area (Å²) >= 11 is 2.53. The van der Waals surface area contributed by atoms with Crippen LogP contribution in [0.3, 0.4) is 0 Å². The van der Waals surface area contributed by atoms with Gasteiger partial charge in [-0.05, 0) is 0 Å². The van der Waals surface area contributed by atoms with Crippen molar-refractivity contribution in [3.63, 3.8) is 0 Å². The number of allylic oxidation sites excluding steroid dienone is 4. The normalized spacial score (nSPS) is 17.8. The quantitative estimate of drug-likeness (QED) is 0.236. The maximum Gasteiger partial charge on any atom is -1.00 e. The largest absolute Gasteiger partial charge is 1.00 e. The average Bonchev–Trinajstić information content (AvgIpc) is 2.92. The summed E-state index contributed by atoms with van der Waals surface area (Å²) in [6.45, 7) is 16.9. The second kappa shape index (κ2) is 16.3. The third kappa shape index (κ3) is 8.54. The molecule has 2 rings (SSSR count). The van der Waals surface area contributed by atoms with Crippen LogP contribution >= 0.6 is 0 Å². The van der Waals surface area contributed by atoms with Crippen molar-refractivity contribution in [1.29, 1.82) is 0 Å². The SMILES string of the molecule is CCCCCCc1cc(CCCCCC)cc([Si](C)(C)[C]2([Ti+3])C(C)=CC(C)=C2C)c1.[Cl-].[Cl-].[Cl-]. The van der Waals surface area contributed by atoms with Crippen LogP contribution in [0.1, 0.15) is 97.1 Å². The molecule has 1 aliphatic carbocycles. The van der Waals surface area contributed by atoms with Crippen LogP contribution in [0.5, 0.6) is 0 Å². The van der Waals surface area contributed by atoms with E-state index >= 15 is 0 Å². The number of halogens is 3. The molecule has 1 aromatic rings. The van der Waals surface area contributed by atoms with E-state index < -0.39 is 8.07 Å². The van der Waals surface area contributed by atoms with E-state index in [0.717, 1.165) is 0 Å². The zero-order valence-corrected chi connectivity index (χ0v) is 26.8. The molecule has 0 fully saturated rings. The smallest absolute Gasteiger partial charge is 1.00 e. The Balaban J connectivity index is 0. The Labute approximate surface area is 236 Å². The third-order valence-corrected chi connectivity index (χ3v) is 16.0. The van der Waals surface area contributed by atoms with Gasteiger partial charge in [0.25, 0.3) is 0 Å². The molecular formula is C28H45Cl3SiTi. The zero-order valence-electron chi connectivity index (χ0n) is 22.0. The van der Waals surface area contributed by atoms with Gasteiger partial charge in [-0.15, -0.1) is 0 Å². The number of hydrogen-bond acceptors (Lipinski definition) is 0. The molecule has 186 valence electrons. The Morgan fingerprint density at radius 2 is 1.18 bits per heavy atom. The first-order valence-corrected chi connectivity index (χ1v) is 16.2. The Morgan fingerprint density at radius 3 is 1.55 bits per heavy atom. The predicted octanol–water partition coefficient (Wildman–Crippen LogP) is -0.599. The van der Waals surface area contributed by atoms with Gasteiger partial charge < -0.3 is 37.2 Å². The van der Waals surface area contributed by atoms with Gasteiger partial charge in [-0.2, -0.15) is 0 Å². The molecule has 0 nitrogen and oxygen atoms in total. The van der Waals surface area contributed by atoms with Gasteiger partial charge in [0.15, 0.2) is 0 Å². The van der Waals surface area contributed by atoms with Gasteiger partial charge in [0.2, 0.25) is 0 Å². The van der Waals surface area contributed by atoms with E-state index in [9.17, 15) is 0 Å². The van der Waals surface area contributed by atoms with Crippen molar-refractivity contribution < 1.29 is 57.7 Å². The summed E-state index contributed by atoms with van der Waals surface area (Å²) in [7, 11) is -1.74. The summed E-state index contributed by atoms with van der Waals surface area (Å²) < 4.78 is 0.234. The monoisotopic (exact) mass is 562 g/mol.